The maximum absolute atomic E-state index is 10.6. The molecule has 0 bridgehead atoms. The predicted octanol–water partition coefficient (Wildman–Crippen LogP) is 8.46. The summed E-state index contributed by atoms with van der Waals surface area (Å²) in [4.78, 5) is 0. The van der Waals surface area contributed by atoms with Gasteiger partial charge in [0, 0.05) is 10.8 Å². The Hall–Kier alpha value is -4.34. The van der Waals surface area contributed by atoms with Crippen LogP contribution in [0.5, 0.6) is 11.5 Å². The minimum Gasteiger partial charge on any atom is -0.508 e. The van der Waals surface area contributed by atoms with Crippen LogP contribution in [0.2, 0.25) is 0 Å². The number of allylic oxidation sites excluding steroid dienone is 3. The molecule has 4 aromatic carbocycles. The van der Waals surface area contributed by atoms with Gasteiger partial charge in [0.2, 0.25) is 0 Å². The summed E-state index contributed by atoms with van der Waals surface area (Å²) < 4.78 is 0. The van der Waals surface area contributed by atoms with Crippen molar-refractivity contribution >= 4 is 0 Å². The Morgan fingerprint density at radius 1 is 0.524 bits per heavy atom. The highest BCUT2D eigenvalue weighted by molar-refractivity contribution is 5.55. The van der Waals surface area contributed by atoms with Crippen LogP contribution < -0.4 is 0 Å². The fourth-order valence-corrected chi connectivity index (χ4v) is 5.83. The van der Waals surface area contributed by atoms with Crippen molar-refractivity contribution in [2.24, 2.45) is 0 Å². The Kier molecular flexibility index (Phi) is 9.23. The second-order valence-corrected chi connectivity index (χ2v) is 11.6. The molecule has 0 spiro atoms. The van der Waals surface area contributed by atoms with Gasteiger partial charge in [-0.15, -0.1) is 19.7 Å². The molecule has 0 fully saturated rings. The normalized spacial score (nSPS) is 12.9. The Morgan fingerprint density at radius 3 is 1.45 bits per heavy atom. The van der Waals surface area contributed by atoms with Gasteiger partial charge in [-0.3, -0.25) is 0 Å². The molecule has 1 atom stereocenters. The van der Waals surface area contributed by atoms with Crippen LogP contribution in [-0.4, -0.2) is 15.3 Å². The van der Waals surface area contributed by atoms with E-state index in [-0.39, 0.29) is 23.5 Å². The summed E-state index contributed by atoms with van der Waals surface area (Å²) in [6.07, 6.45) is 7.29. The van der Waals surface area contributed by atoms with E-state index in [4.69, 9.17) is 0 Å². The number of hydrogen-bond donors (Lipinski definition) is 3. The van der Waals surface area contributed by atoms with Gasteiger partial charge in [0.25, 0.3) is 0 Å². The van der Waals surface area contributed by atoms with Crippen molar-refractivity contribution in [2.75, 3.05) is 0 Å². The van der Waals surface area contributed by atoms with E-state index in [0.717, 1.165) is 50.1 Å². The highest BCUT2D eigenvalue weighted by Crippen LogP contribution is 2.42. The number of aromatic hydroxyl groups is 2. The molecule has 3 heteroatoms. The van der Waals surface area contributed by atoms with Crippen LogP contribution in [0, 0.1) is 0 Å². The summed E-state index contributed by atoms with van der Waals surface area (Å²) >= 11 is 0. The minimum atomic E-state index is -0.550. The average molecular weight is 559 g/mol. The summed E-state index contributed by atoms with van der Waals surface area (Å²) in [7, 11) is 0. The molecule has 0 radical (unpaired) electrons. The van der Waals surface area contributed by atoms with Gasteiger partial charge in [0.15, 0.2) is 0 Å². The molecular weight excluding hydrogens is 516 g/mol. The first-order valence-corrected chi connectivity index (χ1v) is 14.4. The fraction of sp³-hybridized carbons (Fsp3) is 0.231. The van der Waals surface area contributed by atoms with E-state index in [1.54, 1.807) is 24.3 Å². The van der Waals surface area contributed by atoms with Gasteiger partial charge in [-0.25, -0.2) is 0 Å². The zero-order valence-corrected chi connectivity index (χ0v) is 25.0. The molecule has 4 rings (SSSR count). The maximum atomic E-state index is 10.6. The van der Waals surface area contributed by atoms with Gasteiger partial charge in [0.05, 0.1) is 6.61 Å². The highest BCUT2D eigenvalue weighted by atomic mass is 16.3. The first-order chi connectivity index (χ1) is 20.1. The van der Waals surface area contributed by atoms with E-state index in [0.29, 0.717) is 19.3 Å². The van der Waals surface area contributed by atoms with Crippen LogP contribution in [0.3, 0.4) is 0 Å². The molecule has 216 valence electrons. The number of hydrogen-bond acceptors (Lipinski definition) is 3. The predicted molar refractivity (Wildman–Crippen MR) is 174 cm³/mol. The van der Waals surface area contributed by atoms with Gasteiger partial charge in [-0.05, 0) is 88.4 Å². The molecule has 0 heterocycles. The van der Waals surface area contributed by atoms with E-state index in [2.05, 4.69) is 89.0 Å². The SMILES string of the molecule is C=CCc1cc(C(C)(C)c2ccc(C(C)(c3ccc(O)c(CC=C)c3)c3ccc(CO)c(CC=C)c3)cc2)ccc1O. The molecule has 3 N–H and O–H groups in total. The second kappa shape index (κ2) is 12.7. The maximum Gasteiger partial charge on any atom is 0.119 e. The van der Waals surface area contributed by atoms with Crippen LogP contribution in [0.25, 0.3) is 0 Å². The summed E-state index contributed by atoms with van der Waals surface area (Å²) in [6.45, 7) is 18.2. The molecule has 0 aromatic heterocycles. The van der Waals surface area contributed by atoms with Crippen LogP contribution in [-0.2, 0) is 36.7 Å². The van der Waals surface area contributed by atoms with Crippen LogP contribution >= 0.6 is 0 Å². The second-order valence-electron chi connectivity index (χ2n) is 11.6. The average Bonchev–Trinajstić information content (AvgIpc) is 2.99. The number of aliphatic hydroxyl groups excluding tert-OH is 1. The number of rotatable bonds is 12. The molecule has 0 amide bonds. The molecule has 1 unspecified atom stereocenters. The zero-order valence-electron chi connectivity index (χ0n) is 25.0. The third-order valence-electron chi connectivity index (χ3n) is 8.69. The fourth-order valence-electron chi connectivity index (χ4n) is 5.83. The topological polar surface area (TPSA) is 60.7 Å². The number of benzene rings is 4. The minimum absolute atomic E-state index is 0.0294. The summed E-state index contributed by atoms with van der Waals surface area (Å²) in [5.41, 5.74) is 8.30. The number of phenols is 2. The summed E-state index contributed by atoms with van der Waals surface area (Å²) in [5, 5.41) is 30.8. The Bertz CT molecular complexity index is 1590. The van der Waals surface area contributed by atoms with Crippen molar-refractivity contribution in [1.29, 1.82) is 0 Å². The Morgan fingerprint density at radius 2 is 0.929 bits per heavy atom. The molecule has 3 nitrogen and oxygen atoms in total. The van der Waals surface area contributed by atoms with E-state index >= 15 is 0 Å². The lowest BCUT2D eigenvalue weighted by atomic mass is 9.69. The van der Waals surface area contributed by atoms with E-state index < -0.39 is 5.41 Å². The smallest absolute Gasteiger partial charge is 0.119 e. The summed E-state index contributed by atoms with van der Waals surface area (Å²) in [6, 6.07) is 26.7. The van der Waals surface area contributed by atoms with Crippen LogP contribution in [0.4, 0.5) is 0 Å². The van der Waals surface area contributed by atoms with Gasteiger partial charge >= 0.3 is 0 Å². The third-order valence-corrected chi connectivity index (χ3v) is 8.69. The van der Waals surface area contributed by atoms with Crippen LogP contribution in [0.15, 0.2) is 117 Å². The van der Waals surface area contributed by atoms with E-state index in [9.17, 15) is 15.3 Å². The number of aliphatic hydroxyl groups is 1. The van der Waals surface area contributed by atoms with Crippen molar-refractivity contribution in [3.8, 4) is 11.5 Å². The van der Waals surface area contributed by atoms with Gasteiger partial charge in [0.1, 0.15) is 11.5 Å². The monoisotopic (exact) mass is 558 g/mol. The van der Waals surface area contributed by atoms with Crippen molar-refractivity contribution in [2.45, 2.75) is 57.5 Å². The molecule has 4 aromatic rings. The van der Waals surface area contributed by atoms with Crippen molar-refractivity contribution < 1.29 is 15.3 Å². The van der Waals surface area contributed by atoms with Gasteiger partial charge < -0.3 is 15.3 Å². The first kappa shape index (κ1) is 30.6. The number of phenolic OH excluding ortho intramolecular Hbond substituents is 2. The largest absolute Gasteiger partial charge is 0.508 e. The van der Waals surface area contributed by atoms with E-state index in [1.807, 2.05) is 24.3 Å². The quantitative estimate of drug-likeness (QED) is 0.121. The third kappa shape index (κ3) is 5.84. The lowest BCUT2D eigenvalue weighted by Crippen LogP contribution is -2.26. The van der Waals surface area contributed by atoms with Crippen molar-refractivity contribution in [3.05, 3.63) is 167 Å². The molecule has 0 aliphatic heterocycles. The van der Waals surface area contributed by atoms with Gasteiger partial charge in [-0.2, -0.15) is 0 Å². The molecule has 42 heavy (non-hydrogen) atoms. The molecule has 0 aliphatic rings. The lowest BCUT2D eigenvalue weighted by Gasteiger charge is -2.34. The van der Waals surface area contributed by atoms with Crippen LogP contribution in [0.1, 0.15) is 70.8 Å². The van der Waals surface area contributed by atoms with Gasteiger partial charge in [-0.1, -0.05) is 98.8 Å². The molecule has 0 saturated heterocycles. The first-order valence-electron chi connectivity index (χ1n) is 14.4. The van der Waals surface area contributed by atoms with Crippen molar-refractivity contribution in [3.63, 3.8) is 0 Å². The Labute approximate surface area is 250 Å². The Balaban J connectivity index is 1.87. The standard InChI is InChI=1S/C39H42O3/c1-7-10-27-23-34(14-13-30(27)26-40)39(6,35-20-22-37(42)29(25-35)12-9-3)32-17-15-31(16-18-32)38(4,5)33-19-21-36(41)28(24-33)11-8-2/h7-9,13-25,40-42H,1-3,10-12,26H2,4-6H3. The van der Waals surface area contributed by atoms with E-state index in [1.165, 1.54) is 0 Å². The zero-order chi connectivity index (χ0) is 30.5. The molecular formula is C39H42O3. The highest BCUT2D eigenvalue weighted by Gasteiger charge is 2.33. The summed E-state index contributed by atoms with van der Waals surface area (Å²) in [5.74, 6) is 0.541. The van der Waals surface area contributed by atoms with Crippen molar-refractivity contribution in [1.82, 2.24) is 0 Å². The molecule has 0 saturated carbocycles. The molecule has 0 aliphatic carbocycles. The lowest BCUT2D eigenvalue weighted by molar-refractivity contribution is 0.280.